The second-order valence-electron chi connectivity index (χ2n) is 5.18. The number of benzene rings is 1. The highest BCUT2D eigenvalue weighted by atomic mass is 79.9. The maximum absolute atomic E-state index is 13.3. The molecule has 0 spiro atoms. The van der Waals surface area contributed by atoms with Crippen molar-refractivity contribution in [3.05, 3.63) is 28.0 Å². The first-order chi connectivity index (χ1) is 8.97. The largest absolute Gasteiger partial charge is 0.328 e. The quantitative estimate of drug-likeness (QED) is 0.874. The number of hydrogen-bond donors (Lipinski definition) is 2. The molecule has 0 saturated heterocycles. The number of amides is 1. The number of nitrogens with two attached hydrogens (primary N) is 1. The number of anilines is 1. The number of carbonyl (C=O) groups is 1. The first kappa shape index (κ1) is 14.5. The summed E-state index contributed by atoms with van der Waals surface area (Å²) in [6.07, 6.45) is 3.44. The lowest BCUT2D eigenvalue weighted by Crippen LogP contribution is -2.32. The van der Waals surface area contributed by atoms with Crippen molar-refractivity contribution in [3.63, 3.8) is 0 Å². The van der Waals surface area contributed by atoms with E-state index in [1.807, 2.05) is 0 Å². The highest BCUT2D eigenvalue weighted by molar-refractivity contribution is 9.10. The average molecular weight is 329 g/mol. The maximum atomic E-state index is 13.3. The van der Waals surface area contributed by atoms with Crippen LogP contribution in [-0.2, 0) is 4.79 Å². The predicted molar refractivity (Wildman–Crippen MR) is 77.4 cm³/mol. The Hall–Kier alpha value is -0.940. The molecule has 0 bridgehead atoms. The van der Waals surface area contributed by atoms with Gasteiger partial charge in [0, 0.05) is 17.6 Å². The normalized spacial score (nSPS) is 23.2. The van der Waals surface area contributed by atoms with Crippen LogP contribution < -0.4 is 11.1 Å². The van der Waals surface area contributed by atoms with Crippen LogP contribution in [0.15, 0.2) is 16.6 Å². The van der Waals surface area contributed by atoms with Crippen molar-refractivity contribution in [2.24, 2.45) is 11.7 Å². The van der Waals surface area contributed by atoms with Crippen LogP contribution in [0.4, 0.5) is 10.1 Å². The molecule has 2 rings (SSSR count). The number of halogens is 2. The second-order valence-corrected chi connectivity index (χ2v) is 6.04. The lowest BCUT2D eigenvalue weighted by Gasteiger charge is -2.25. The number of hydrogen-bond acceptors (Lipinski definition) is 2. The summed E-state index contributed by atoms with van der Waals surface area (Å²) < 4.78 is 13.7. The van der Waals surface area contributed by atoms with Gasteiger partial charge in [-0.1, -0.05) is 0 Å². The van der Waals surface area contributed by atoms with Crippen LogP contribution in [0.3, 0.4) is 0 Å². The van der Waals surface area contributed by atoms with Gasteiger partial charge >= 0.3 is 0 Å². The number of aryl methyl sites for hydroxylation is 1. The molecule has 0 atom stereocenters. The zero-order chi connectivity index (χ0) is 14.0. The van der Waals surface area contributed by atoms with Gasteiger partial charge in [0.25, 0.3) is 0 Å². The summed E-state index contributed by atoms with van der Waals surface area (Å²) in [4.78, 5) is 12.2. The first-order valence-electron chi connectivity index (χ1n) is 6.49. The van der Waals surface area contributed by atoms with E-state index in [0.29, 0.717) is 10.2 Å². The van der Waals surface area contributed by atoms with Crippen molar-refractivity contribution >= 4 is 27.5 Å². The standard InChI is InChI=1S/C14H18BrFN2O/c1-8-6-12(16)11(15)7-13(8)18-14(19)9-2-4-10(17)5-3-9/h6-7,9-10H,2-5,17H2,1H3,(H,18,19). The van der Waals surface area contributed by atoms with Crippen molar-refractivity contribution < 1.29 is 9.18 Å². The summed E-state index contributed by atoms with van der Waals surface area (Å²) in [5.74, 6) is -0.296. The van der Waals surface area contributed by atoms with Gasteiger partial charge in [-0.05, 0) is 66.2 Å². The van der Waals surface area contributed by atoms with Crippen molar-refractivity contribution in [2.75, 3.05) is 5.32 Å². The van der Waals surface area contributed by atoms with E-state index >= 15 is 0 Å². The van der Waals surface area contributed by atoms with E-state index in [1.54, 1.807) is 13.0 Å². The molecule has 1 aliphatic rings. The third-order valence-corrected chi connectivity index (χ3v) is 4.28. The molecule has 1 aromatic rings. The molecule has 1 saturated carbocycles. The van der Waals surface area contributed by atoms with Crippen LogP contribution in [-0.4, -0.2) is 11.9 Å². The highest BCUT2D eigenvalue weighted by Crippen LogP contribution is 2.27. The van der Waals surface area contributed by atoms with Crippen LogP contribution in [0.1, 0.15) is 31.2 Å². The van der Waals surface area contributed by atoms with Crippen LogP contribution in [0.25, 0.3) is 0 Å². The fourth-order valence-electron chi connectivity index (χ4n) is 2.40. The van der Waals surface area contributed by atoms with Gasteiger partial charge in [-0.25, -0.2) is 4.39 Å². The molecule has 0 radical (unpaired) electrons. The lowest BCUT2D eigenvalue weighted by atomic mass is 9.86. The van der Waals surface area contributed by atoms with Gasteiger partial charge in [0.1, 0.15) is 5.82 Å². The molecule has 5 heteroatoms. The minimum atomic E-state index is -0.320. The molecule has 1 aliphatic carbocycles. The van der Waals surface area contributed by atoms with Crippen molar-refractivity contribution in [1.29, 1.82) is 0 Å². The Labute approximate surface area is 120 Å². The Morgan fingerprint density at radius 2 is 2.00 bits per heavy atom. The zero-order valence-corrected chi connectivity index (χ0v) is 12.5. The molecule has 0 aliphatic heterocycles. The second kappa shape index (κ2) is 6.01. The summed E-state index contributed by atoms with van der Waals surface area (Å²) >= 11 is 3.13. The molecule has 1 fully saturated rings. The zero-order valence-electron chi connectivity index (χ0n) is 10.9. The molecular formula is C14H18BrFN2O. The molecule has 19 heavy (non-hydrogen) atoms. The number of nitrogens with one attached hydrogen (secondary N) is 1. The van der Waals surface area contributed by atoms with Crippen LogP contribution >= 0.6 is 15.9 Å². The topological polar surface area (TPSA) is 55.1 Å². The minimum absolute atomic E-state index is 0.00788. The van der Waals surface area contributed by atoms with E-state index < -0.39 is 0 Å². The number of carbonyl (C=O) groups excluding carboxylic acids is 1. The van der Waals surface area contributed by atoms with E-state index in [-0.39, 0.29) is 23.7 Å². The molecule has 3 N–H and O–H groups in total. The van der Waals surface area contributed by atoms with E-state index in [1.165, 1.54) is 6.07 Å². The van der Waals surface area contributed by atoms with Gasteiger partial charge in [-0.2, -0.15) is 0 Å². The third-order valence-electron chi connectivity index (χ3n) is 3.67. The van der Waals surface area contributed by atoms with Gasteiger partial charge in [-0.15, -0.1) is 0 Å². The Kier molecular flexibility index (Phi) is 4.58. The Morgan fingerprint density at radius 3 is 2.63 bits per heavy atom. The van der Waals surface area contributed by atoms with Crippen molar-refractivity contribution in [3.8, 4) is 0 Å². The van der Waals surface area contributed by atoms with E-state index in [2.05, 4.69) is 21.2 Å². The SMILES string of the molecule is Cc1cc(F)c(Br)cc1NC(=O)C1CCC(N)CC1. The van der Waals surface area contributed by atoms with Gasteiger partial charge in [0.05, 0.1) is 4.47 Å². The van der Waals surface area contributed by atoms with E-state index in [9.17, 15) is 9.18 Å². The van der Waals surface area contributed by atoms with Crippen LogP contribution in [0, 0.1) is 18.7 Å². The van der Waals surface area contributed by atoms with Gasteiger partial charge in [0.2, 0.25) is 5.91 Å². The fraction of sp³-hybridized carbons (Fsp3) is 0.500. The molecule has 0 unspecified atom stereocenters. The molecule has 0 heterocycles. The minimum Gasteiger partial charge on any atom is -0.328 e. The third kappa shape index (κ3) is 3.54. The van der Waals surface area contributed by atoms with Gasteiger partial charge in [0.15, 0.2) is 0 Å². The summed E-state index contributed by atoms with van der Waals surface area (Å²) in [5, 5.41) is 2.89. The smallest absolute Gasteiger partial charge is 0.227 e. The maximum Gasteiger partial charge on any atom is 0.227 e. The molecule has 0 aromatic heterocycles. The predicted octanol–water partition coefficient (Wildman–Crippen LogP) is 3.35. The molecular weight excluding hydrogens is 311 g/mol. The molecule has 104 valence electrons. The summed E-state index contributed by atoms with van der Waals surface area (Å²) in [6, 6.07) is 3.25. The molecule has 1 aromatic carbocycles. The van der Waals surface area contributed by atoms with E-state index in [4.69, 9.17) is 5.73 Å². The molecule has 1 amide bonds. The number of rotatable bonds is 2. The lowest BCUT2D eigenvalue weighted by molar-refractivity contribution is -0.120. The summed E-state index contributed by atoms with van der Waals surface area (Å²) in [7, 11) is 0. The van der Waals surface area contributed by atoms with E-state index in [0.717, 1.165) is 31.2 Å². The van der Waals surface area contributed by atoms with Gasteiger partial charge in [-0.3, -0.25) is 4.79 Å². The summed E-state index contributed by atoms with van der Waals surface area (Å²) in [6.45, 7) is 1.78. The van der Waals surface area contributed by atoms with Crippen LogP contribution in [0.5, 0.6) is 0 Å². The van der Waals surface area contributed by atoms with Crippen molar-refractivity contribution in [1.82, 2.24) is 0 Å². The van der Waals surface area contributed by atoms with Crippen molar-refractivity contribution in [2.45, 2.75) is 38.6 Å². The summed E-state index contributed by atoms with van der Waals surface area (Å²) in [5.41, 5.74) is 7.21. The van der Waals surface area contributed by atoms with Gasteiger partial charge < -0.3 is 11.1 Å². The Morgan fingerprint density at radius 1 is 1.37 bits per heavy atom. The fourth-order valence-corrected chi connectivity index (χ4v) is 2.74. The Balaban J connectivity index is 2.05. The Bertz CT molecular complexity index is 485. The monoisotopic (exact) mass is 328 g/mol. The van der Waals surface area contributed by atoms with Crippen LogP contribution in [0.2, 0.25) is 0 Å². The highest BCUT2D eigenvalue weighted by Gasteiger charge is 2.25. The average Bonchev–Trinajstić information content (AvgIpc) is 2.36. The first-order valence-corrected chi connectivity index (χ1v) is 7.28. The molecule has 3 nitrogen and oxygen atoms in total.